The first-order chi connectivity index (χ1) is 8.63. The van der Waals surface area contributed by atoms with Crippen LogP contribution >= 0.6 is 22.9 Å². The van der Waals surface area contributed by atoms with Gasteiger partial charge in [-0.15, -0.1) is 11.3 Å². The summed E-state index contributed by atoms with van der Waals surface area (Å²) in [7, 11) is 0. The molecule has 1 saturated heterocycles. The van der Waals surface area contributed by atoms with Crippen molar-refractivity contribution in [2.24, 2.45) is 5.73 Å². The average molecular weight is 288 g/mol. The van der Waals surface area contributed by atoms with Crippen molar-refractivity contribution in [2.45, 2.75) is 13.0 Å². The van der Waals surface area contributed by atoms with Gasteiger partial charge in [-0.3, -0.25) is 9.69 Å². The lowest BCUT2D eigenvalue weighted by atomic mass is 10.2. The standard InChI is InChI=1S/C12H18ClN3OS/c13-11-2-1-10(18-11)9-16-7-5-15(6-8-16)4-3-12(14)17/h1-2H,3-9H2,(H2,14,17). The Kier molecular flexibility index (Phi) is 5.00. The molecule has 1 aromatic rings. The van der Waals surface area contributed by atoms with Crippen molar-refractivity contribution in [1.29, 1.82) is 0 Å². The molecule has 1 aromatic heterocycles. The molecule has 0 radical (unpaired) electrons. The molecule has 2 N–H and O–H groups in total. The molecule has 0 aromatic carbocycles. The molecule has 0 unspecified atom stereocenters. The Balaban J connectivity index is 1.71. The monoisotopic (exact) mass is 287 g/mol. The summed E-state index contributed by atoms with van der Waals surface area (Å²) in [6.45, 7) is 5.84. The number of rotatable bonds is 5. The maximum absolute atomic E-state index is 10.7. The fourth-order valence-corrected chi connectivity index (χ4v) is 3.23. The van der Waals surface area contributed by atoms with Gasteiger partial charge in [0.2, 0.25) is 5.91 Å². The summed E-state index contributed by atoms with van der Waals surface area (Å²) in [6.07, 6.45) is 0.459. The lowest BCUT2D eigenvalue weighted by molar-refractivity contribution is -0.118. The maximum Gasteiger partial charge on any atom is 0.218 e. The third-order valence-electron chi connectivity index (χ3n) is 3.15. The molecule has 0 aliphatic carbocycles. The van der Waals surface area contributed by atoms with Crippen LogP contribution in [0.4, 0.5) is 0 Å². The molecule has 2 heterocycles. The number of carbonyl (C=O) groups is 1. The Morgan fingerprint density at radius 1 is 1.28 bits per heavy atom. The molecule has 0 spiro atoms. The first kappa shape index (κ1) is 13.8. The van der Waals surface area contributed by atoms with E-state index in [1.54, 1.807) is 11.3 Å². The predicted molar refractivity (Wildman–Crippen MR) is 74.9 cm³/mol. The van der Waals surface area contributed by atoms with E-state index in [0.29, 0.717) is 6.42 Å². The van der Waals surface area contributed by atoms with Crippen LogP contribution < -0.4 is 5.73 Å². The van der Waals surface area contributed by atoms with Crippen molar-refractivity contribution >= 4 is 28.8 Å². The summed E-state index contributed by atoms with van der Waals surface area (Å²) >= 11 is 7.57. The normalized spacial score (nSPS) is 18.1. The van der Waals surface area contributed by atoms with Crippen LogP contribution in [0.3, 0.4) is 0 Å². The Hall–Kier alpha value is -0.620. The van der Waals surface area contributed by atoms with Gasteiger partial charge in [0.25, 0.3) is 0 Å². The summed E-state index contributed by atoms with van der Waals surface area (Å²) in [6, 6.07) is 4.04. The number of nitrogens with zero attached hydrogens (tertiary/aromatic N) is 2. The van der Waals surface area contributed by atoms with Crippen molar-refractivity contribution in [3.05, 3.63) is 21.3 Å². The highest BCUT2D eigenvalue weighted by Gasteiger charge is 2.17. The van der Waals surface area contributed by atoms with Crippen LogP contribution in [0.25, 0.3) is 0 Å². The van der Waals surface area contributed by atoms with Gasteiger partial charge in [0.15, 0.2) is 0 Å². The Labute approximate surface area is 116 Å². The summed E-state index contributed by atoms with van der Waals surface area (Å²) in [5.74, 6) is -0.217. The van der Waals surface area contributed by atoms with Crippen molar-refractivity contribution in [2.75, 3.05) is 32.7 Å². The van der Waals surface area contributed by atoms with E-state index in [4.69, 9.17) is 17.3 Å². The topological polar surface area (TPSA) is 49.6 Å². The van der Waals surface area contributed by atoms with E-state index in [0.717, 1.165) is 43.6 Å². The number of piperazine rings is 1. The van der Waals surface area contributed by atoms with Gasteiger partial charge in [-0.1, -0.05) is 11.6 Å². The van der Waals surface area contributed by atoms with E-state index < -0.39 is 0 Å². The van der Waals surface area contributed by atoms with Gasteiger partial charge in [0, 0.05) is 50.6 Å². The van der Waals surface area contributed by atoms with E-state index in [9.17, 15) is 4.79 Å². The third kappa shape index (κ3) is 4.24. The number of amides is 1. The van der Waals surface area contributed by atoms with Gasteiger partial charge < -0.3 is 10.6 Å². The minimum Gasteiger partial charge on any atom is -0.370 e. The second-order valence-electron chi connectivity index (χ2n) is 4.54. The number of nitrogens with two attached hydrogens (primary N) is 1. The molecule has 6 heteroatoms. The molecule has 0 atom stereocenters. The second kappa shape index (κ2) is 6.52. The largest absolute Gasteiger partial charge is 0.370 e. The van der Waals surface area contributed by atoms with E-state index in [1.807, 2.05) is 6.07 Å². The number of hydrogen-bond donors (Lipinski definition) is 1. The van der Waals surface area contributed by atoms with Crippen LogP contribution in [0, 0.1) is 0 Å². The van der Waals surface area contributed by atoms with Crippen LogP contribution in [0.1, 0.15) is 11.3 Å². The lowest BCUT2D eigenvalue weighted by Crippen LogP contribution is -2.46. The van der Waals surface area contributed by atoms with Crippen molar-refractivity contribution in [3.63, 3.8) is 0 Å². The third-order valence-corrected chi connectivity index (χ3v) is 4.36. The fraction of sp³-hybridized carbons (Fsp3) is 0.583. The molecular weight excluding hydrogens is 270 g/mol. The molecule has 18 heavy (non-hydrogen) atoms. The SMILES string of the molecule is NC(=O)CCN1CCN(Cc2ccc(Cl)s2)CC1. The predicted octanol–water partition coefficient (Wildman–Crippen LogP) is 1.39. The molecule has 1 fully saturated rings. The summed E-state index contributed by atoms with van der Waals surface area (Å²) < 4.78 is 0.852. The number of halogens is 1. The quantitative estimate of drug-likeness (QED) is 0.890. The first-order valence-electron chi connectivity index (χ1n) is 6.11. The average Bonchev–Trinajstić information content (AvgIpc) is 2.74. The fourth-order valence-electron chi connectivity index (χ4n) is 2.10. The minimum absolute atomic E-state index is 0.217. The van der Waals surface area contributed by atoms with Gasteiger partial charge >= 0.3 is 0 Å². The summed E-state index contributed by atoms with van der Waals surface area (Å²) in [4.78, 5) is 16.7. The molecule has 0 saturated carbocycles. The van der Waals surface area contributed by atoms with Crippen LogP contribution in [0.15, 0.2) is 12.1 Å². The van der Waals surface area contributed by atoms with Gasteiger partial charge in [-0.05, 0) is 12.1 Å². The molecule has 1 amide bonds. The van der Waals surface area contributed by atoms with Crippen molar-refractivity contribution in [1.82, 2.24) is 9.80 Å². The van der Waals surface area contributed by atoms with E-state index in [-0.39, 0.29) is 5.91 Å². The number of carbonyl (C=O) groups excluding carboxylic acids is 1. The first-order valence-corrected chi connectivity index (χ1v) is 7.30. The highest BCUT2D eigenvalue weighted by molar-refractivity contribution is 7.16. The number of thiophene rings is 1. The van der Waals surface area contributed by atoms with Gasteiger partial charge in [-0.2, -0.15) is 0 Å². The van der Waals surface area contributed by atoms with Crippen LogP contribution in [-0.2, 0) is 11.3 Å². The molecule has 2 rings (SSSR count). The Morgan fingerprint density at radius 2 is 1.94 bits per heavy atom. The van der Waals surface area contributed by atoms with Gasteiger partial charge in [0.05, 0.1) is 4.34 Å². The smallest absolute Gasteiger partial charge is 0.218 e. The molecule has 100 valence electrons. The van der Waals surface area contributed by atoms with Gasteiger partial charge in [0.1, 0.15) is 0 Å². The van der Waals surface area contributed by atoms with Crippen LogP contribution in [0.2, 0.25) is 4.34 Å². The zero-order valence-corrected chi connectivity index (χ0v) is 11.8. The highest BCUT2D eigenvalue weighted by Crippen LogP contribution is 2.23. The molecule has 0 bridgehead atoms. The van der Waals surface area contributed by atoms with Crippen LogP contribution in [0.5, 0.6) is 0 Å². The zero-order valence-electron chi connectivity index (χ0n) is 10.3. The van der Waals surface area contributed by atoms with Gasteiger partial charge in [-0.25, -0.2) is 0 Å². The van der Waals surface area contributed by atoms with E-state index in [2.05, 4.69) is 15.9 Å². The van der Waals surface area contributed by atoms with E-state index in [1.165, 1.54) is 4.88 Å². The summed E-state index contributed by atoms with van der Waals surface area (Å²) in [5.41, 5.74) is 5.15. The Bertz CT molecular complexity index is 402. The minimum atomic E-state index is -0.217. The molecule has 4 nitrogen and oxygen atoms in total. The zero-order chi connectivity index (χ0) is 13.0. The van der Waals surface area contributed by atoms with Crippen molar-refractivity contribution < 1.29 is 4.79 Å². The van der Waals surface area contributed by atoms with E-state index >= 15 is 0 Å². The van der Waals surface area contributed by atoms with Crippen LogP contribution in [-0.4, -0.2) is 48.4 Å². The molecule has 1 aliphatic rings. The number of primary amides is 1. The summed E-state index contributed by atoms with van der Waals surface area (Å²) in [5, 5.41) is 0. The Morgan fingerprint density at radius 3 is 2.50 bits per heavy atom. The highest BCUT2D eigenvalue weighted by atomic mass is 35.5. The second-order valence-corrected chi connectivity index (χ2v) is 6.34. The number of hydrogen-bond acceptors (Lipinski definition) is 4. The van der Waals surface area contributed by atoms with Crippen molar-refractivity contribution in [3.8, 4) is 0 Å². The molecule has 1 aliphatic heterocycles. The molecular formula is C12H18ClN3OS. The maximum atomic E-state index is 10.7. The lowest BCUT2D eigenvalue weighted by Gasteiger charge is -2.34.